The van der Waals surface area contributed by atoms with Crippen molar-refractivity contribution in [2.75, 3.05) is 6.54 Å². The predicted octanol–water partition coefficient (Wildman–Crippen LogP) is 2.66. The SMILES string of the molecule is CC(C)N1CC2(CCC2)C[C@@H]1C. The molecule has 0 N–H and O–H groups in total. The van der Waals surface area contributed by atoms with E-state index < -0.39 is 0 Å². The quantitative estimate of drug-likeness (QED) is 0.580. The molecule has 0 aromatic heterocycles. The van der Waals surface area contributed by atoms with Crippen LogP contribution in [0.25, 0.3) is 0 Å². The molecule has 1 heteroatoms. The van der Waals surface area contributed by atoms with Gasteiger partial charge in [-0.05, 0) is 45.4 Å². The highest BCUT2D eigenvalue weighted by molar-refractivity contribution is 4.99. The van der Waals surface area contributed by atoms with Crippen LogP contribution in [0.2, 0.25) is 0 Å². The summed E-state index contributed by atoms with van der Waals surface area (Å²) in [5.41, 5.74) is 0.768. The summed E-state index contributed by atoms with van der Waals surface area (Å²) in [6, 6.07) is 1.59. The van der Waals surface area contributed by atoms with Crippen LogP contribution in [0, 0.1) is 5.41 Å². The van der Waals surface area contributed by atoms with Gasteiger partial charge in [-0.3, -0.25) is 4.90 Å². The molecule has 1 atom stereocenters. The number of likely N-dealkylation sites (tertiary alicyclic amines) is 1. The van der Waals surface area contributed by atoms with E-state index >= 15 is 0 Å². The molecule has 0 unspecified atom stereocenters. The summed E-state index contributed by atoms with van der Waals surface area (Å²) in [7, 11) is 0. The van der Waals surface area contributed by atoms with Crippen LogP contribution in [0.5, 0.6) is 0 Å². The lowest BCUT2D eigenvalue weighted by molar-refractivity contribution is 0.128. The van der Waals surface area contributed by atoms with Crippen LogP contribution < -0.4 is 0 Å². The lowest BCUT2D eigenvalue weighted by Crippen LogP contribution is -2.37. The second kappa shape index (κ2) is 2.73. The van der Waals surface area contributed by atoms with Crippen molar-refractivity contribution < 1.29 is 0 Å². The molecule has 1 saturated carbocycles. The van der Waals surface area contributed by atoms with Crippen molar-refractivity contribution in [1.29, 1.82) is 0 Å². The lowest BCUT2D eigenvalue weighted by Gasteiger charge is -2.38. The van der Waals surface area contributed by atoms with Crippen molar-refractivity contribution in [2.45, 2.75) is 58.5 Å². The average Bonchev–Trinajstić information content (AvgIpc) is 2.26. The Balaban J connectivity index is 2.02. The first-order chi connectivity index (χ1) is 5.63. The third kappa shape index (κ3) is 1.19. The first-order valence-corrected chi connectivity index (χ1v) is 5.39. The molecule has 1 aliphatic heterocycles. The third-order valence-electron chi connectivity index (χ3n) is 3.89. The molecule has 2 fully saturated rings. The molecule has 0 aromatic carbocycles. The maximum Gasteiger partial charge on any atom is 0.00756 e. The Bertz CT molecular complexity index is 170. The minimum absolute atomic E-state index is 0.750. The Labute approximate surface area is 76.1 Å². The zero-order valence-corrected chi connectivity index (χ0v) is 8.64. The van der Waals surface area contributed by atoms with Crippen LogP contribution in [0.1, 0.15) is 46.5 Å². The average molecular weight is 167 g/mol. The molecule has 2 rings (SSSR count). The van der Waals surface area contributed by atoms with Crippen molar-refractivity contribution in [1.82, 2.24) is 4.90 Å². The number of rotatable bonds is 1. The van der Waals surface area contributed by atoms with Gasteiger partial charge in [0.05, 0.1) is 0 Å². The number of hydrogen-bond acceptors (Lipinski definition) is 1. The third-order valence-corrected chi connectivity index (χ3v) is 3.89. The van der Waals surface area contributed by atoms with Crippen LogP contribution in [-0.4, -0.2) is 23.5 Å². The Morgan fingerprint density at radius 1 is 1.33 bits per heavy atom. The van der Waals surface area contributed by atoms with Gasteiger partial charge in [-0.25, -0.2) is 0 Å². The summed E-state index contributed by atoms with van der Waals surface area (Å²) < 4.78 is 0. The fraction of sp³-hybridized carbons (Fsp3) is 1.00. The molecule has 1 spiro atoms. The summed E-state index contributed by atoms with van der Waals surface area (Å²) in [6.07, 6.45) is 5.95. The van der Waals surface area contributed by atoms with Gasteiger partial charge < -0.3 is 0 Å². The Morgan fingerprint density at radius 3 is 2.25 bits per heavy atom. The summed E-state index contributed by atoms with van der Waals surface area (Å²) in [5, 5.41) is 0. The second-order valence-electron chi connectivity index (χ2n) is 5.17. The fourth-order valence-electron chi connectivity index (χ4n) is 3.08. The molecular weight excluding hydrogens is 146 g/mol. The number of hydrogen-bond donors (Lipinski definition) is 0. The van der Waals surface area contributed by atoms with Gasteiger partial charge in [0.15, 0.2) is 0 Å². The van der Waals surface area contributed by atoms with E-state index in [0.29, 0.717) is 0 Å². The first kappa shape index (κ1) is 8.55. The van der Waals surface area contributed by atoms with E-state index in [4.69, 9.17) is 0 Å². The van der Waals surface area contributed by atoms with Crippen molar-refractivity contribution in [3.8, 4) is 0 Å². The van der Waals surface area contributed by atoms with Crippen molar-refractivity contribution in [3.63, 3.8) is 0 Å². The smallest absolute Gasteiger partial charge is 0.00756 e. The zero-order chi connectivity index (χ0) is 8.77. The maximum atomic E-state index is 2.68. The highest BCUT2D eigenvalue weighted by atomic mass is 15.2. The Morgan fingerprint density at radius 2 is 2.00 bits per heavy atom. The van der Waals surface area contributed by atoms with Gasteiger partial charge in [-0.1, -0.05) is 6.42 Å². The highest BCUT2D eigenvalue weighted by Crippen LogP contribution is 2.50. The minimum Gasteiger partial charge on any atom is -0.298 e. The van der Waals surface area contributed by atoms with Gasteiger partial charge in [0.2, 0.25) is 0 Å². The highest BCUT2D eigenvalue weighted by Gasteiger charge is 2.46. The van der Waals surface area contributed by atoms with Crippen LogP contribution in [-0.2, 0) is 0 Å². The molecule has 0 bridgehead atoms. The van der Waals surface area contributed by atoms with Crippen molar-refractivity contribution in [3.05, 3.63) is 0 Å². The molecular formula is C11H21N. The fourth-order valence-corrected chi connectivity index (χ4v) is 3.08. The molecule has 12 heavy (non-hydrogen) atoms. The van der Waals surface area contributed by atoms with E-state index in [9.17, 15) is 0 Å². The molecule has 0 aromatic rings. The van der Waals surface area contributed by atoms with Gasteiger partial charge in [-0.15, -0.1) is 0 Å². The summed E-state index contributed by atoms with van der Waals surface area (Å²) in [4.78, 5) is 2.68. The van der Waals surface area contributed by atoms with Crippen LogP contribution in [0.15, 0.2) is 0 Å². The van der Waals surface area contributed by atoms with Crippen LogP contribution >= 0.6 is 0 Å². The summed E-state index contributed by atoms with van der Waals surface area (Å²) in [6.45, 7) is 8.43. The molecule has 0 radical (unpaired) electrons. The van der Waals surface area contributed by atoms with E-state index in [-0.39, 0.29) is 0 Å². The molecule has 0 amide bonds. The monoisotopic (exact) mass is 167 g/mol. The van der Waals surface area contributed by atoms with Gasteiger partial charge in [0.1, 0.15) is 0 Å². The summed E-state index contributed by atoms with van der Waals surface area (Å²) in [5.74, 6) is 0. The van der Waals surface area contributed by atoms with Gasteiger partial charge in [-0.2, -0.15) is 0 Å². The van der Waals surface area contributed by atoms with E-state index in [0.717, 1.165) is 17.5 Å². The standard InChI is InChI=1S/C11H21N/c1-9(2)12-8-11(5-4-6-11)7-10(12)3/h9-10H,4-8H2,1-3H3/t10-/m0/s1. The summed E-state index contributed by atoms with van der Waals surface area (Å²) >= 11 is 0. The minimum atomic E-state index is 0.750. The molecule has 1 saturated heterocycles. The normalized spacial score (nSPS) is 34.5. The predicted molar refractivity (Wildman–Crippen MR) is 52.2 cm³/mol. The first-order valence-electron chi connectivity index (χ1n) is 5.39. The van der Waals surface area contributed by atoms with Crippen LogP contribution in [0.4, 0.5) is 0 Å². The van der Waals surface area contributed by atoms with E-state index in [2.05, 4.69) is 25.7 Å². The van der Waals surface area contributed by atoms with Gasteiger partial charge in [0, 0.05) is 18.6 Å². The maximum absolute atomic E-state index is 2.68. The molecule has 2 aliphatic rings. The van der Waals surface area contributed by atoms with E-state index in [1.165, 1.54) is 32.2 Å². The van der Waals surface area contributed by atoms with Crippen molar-refractivity contribution in [2.24, 2.45) is 5.41 Å². The molecule has 1 aliphatic carbocycles. The van der Waals surface area contributed by atoms with Crippen LogP contribution in [0.3, 0.4) is 0 Å². The van der Waals surface area contributed by atoms with Crippen molar-refractivity contribution >= 4 is 0 Å². The topological polar surface area (TPSA) is 3.24 Å². The zero-order valence-electron chi connectivity index (χ0n) is 8.64. The Hall–Kier alpha value is -0.0400. The van der Waals surface area contributed by atoms with Gasteiger partial charge in [0.25, 0.3) is 0 Å². The lowest BCUT2D eigenvalue weighted by atomic mass is 9.68. The Kier molecular flexibility index (Phi) is 1.95. The van der Waals surface area contributed by atoms with Gasteiger partial charge >= 0.3 is 0 Å². The second-order valence-corrected chi connectivity index (χ2v) is 5.17. The molecule has 70 valence electrons. The molecule has 1 heterocycles. The molecule has 1 nitrogen and oxygen atoms in total. The van der Waals surface area contributed by atoms with E-state index in [1.54, 1.807) is 0 Å². The number of nitrogens with zero attached hydrogens (tertiary/aromatic N) is 1. The largest absolute Gasteiger partial charge is 0.298 e. The van der Waals surface area contributed by atoms with E-state index in [1.807, 2.05) is 0 Å².